The van der Waals surface area contributed by atoms with Crippen molar-refractivity contribution in [1.29, 1.82) is 0 Å². The summed E-state index contributed by atoms with van der Waals surface area (Å²) in [5.74, 6) is 0.0165. The van der Waals surface area contributed by atoms with Crippen LogP contribution < -0.4 is 0 Å². The first kappa shape index (κ1) is 21.3. The van der Waals surface area contributed by atoms with E-state index in [-0.39, 0.29) is 16.9 Å². The molecular formula is C24H30ClN3O2. The molecule has 2 aliphatic rings. The Labute approximate surface area is 184 Å². The summed E-state index contributed by atoms with van der Waals surface area (Å²) in [5, 5.41) is 0.400. The molecule has 0 atom stereocenters. The highest BCUT2D eigenvalue weighted by molar-refractivity contribution is 6.29. The largest absolute Gasteiger partial charge is 0.358 e. The molecule has 5 nitrogen and oxygen atoms in total. The van der Waals surface area contributed by atoms with Gasteiger partial charge in [0.25, 0.3) is 5.91 Å². The van der Waals surface area contributed by atoms with Gasteiger partial charge in [-0.25, -0.2) is 4.98 Å². The number of rotatable bonds is 3. The van der Waals surface area contributed by atoms with Gasteiger partial charge in [-0.3, -0.25) is 9.69 Å². The standard InChI is InChI=1S/C24H30ClN3O2/c1-23(2,3)20-7-4-18(5-8-20)15-27-16-24(30-17-27)10-12-28(13-11-24)22(29)19-6-9-21(25)26-14-19/h4-9,14H,10-13,15-17H2,1-3H3. The van der Waals surface area contributed by atoms with Crippen LogP contribution in [0.5, 0.6) is 0 Å². The number of halogens is 1. The summed E-state index contributed by atoms with van der Waals surface area (Å²) in [6, 6.07) is 12.3. The molecule has 0 radical (unpaired) electrons. The molecule has 1 aromatic heterocycles. The van der Waals surface area contributed by atoms with Crippen LogP contribution in [0.2, 0.25) is 5.15 Å². The maximum absolute atomic E-state index is 12.7. The lowest BCUT2D eigenvalue weighted by Gasteiger charge is -2.38. The van der Waals surface area contributed by atoms with Crippen molar-refractivity contribution in [2.24, 2.45) is 0 Å². The first-order valence-electron chi connectivity index (χ1n) is 10.6. The lowest BCUT2D eigenvalue weighted by atomic mass is 9.86. The summed E-state index contributed by atoms with van der Waals surface area (Å²) >= 11 is 5.83. The van der Waals surface area contributed by atoms with E-state index in [2.05, 4.69) is 54.9 Å². The molecule has 3 heterocycles. The molecule has 2 saturated heterocycles. The predicted molar refractivity (Wildman–Crippen MR) is 119 cm³/mol. The van der Waals surface area contributed by atoms with Crippen molar-refractivity contribution in [3.05, 3.63) is 64.4 Å². The number of piperidine rings is 1. The number of hydrogen-bond donors (Lipinski definition) is 0. The van der Waals surface area contributed by atoms with Crippen molar-refractivity contribution in [1.82, 2.24) is 14.8 Å². The highest BCUT2D eigenvalue weighted by Gasteiger charge is 2.42. The van der Waals surface area contributed by atoms with Gasteiger partial charge in [0, 0.05) is 32.4 Å². The minimum absolute atomic E-state index is 0.0165. The first-order chi connectivity index (χ1) is 14.2. The third-order valence-corrected chi connectivity index (χ3v) is 6.45. The number of carbonyl (C=O) groups excluding carboxylic acids is 1. The number of benzene rings is 1. The van der Waals surface area contributed by atoms with Crippen LogP contribution in [-0.2, 0) is 16.7 Å². The van der Waals surface area contributed by atoms with E-state index < -0.39 is 0 Å². The molecule has 1 spiro atoms. The molecule has 6 heteroatoms. The minimum atomic E-state index is -0.139. The van der Waals surface area contributed by atoms with Gasteiger partial charge in [-0.05, 0) is 41.5 Å². The Bertz CT molecular complexity index is 882. The van der Waals surface area contributed by atoms with Gasteiger partial charge in [0.2, 0.25) is 0 Å². The normalized spacial score (nSPS) is 19.4. The van der Waals surface area contributed by atoms with Gasteiger partial charge in [0.15, 0.2) is 0 Å². The molecule has 1 aromatic carbocycles. The molecule has 160 valence electrons. The second kappa shape index (κ2) is 8.29. The number of carbonyl (C=O) groups is 1. The zero-order valence-electron chi connectivity index (χ0n) is 18.0. The van der Waals surface area contributed by atoms with Crippen LogP contribution >= 0.6 is 11.6 Å². The SMILES string of the molecule is CC(C)(C)c1ccc(CN2COC3(CCN(C(=O)c4ccc(Cl)nc4)CC3)C2)cc1. The van der Waals surface area contributed by atoms with Crippen molar-refractivity contribution >= 4 is 17.5 Å². The monoisotopic (exact) mass is 427 g/mol. The van der Waals surface area contributed by atoms with Gasteiger partial charge in [-0.15, -0.1) is 0 Å². The summed E-state index contributed by atoms with van der Waals surface area (Å²) in [6.45, 7) is 10.6. The molecule has 0 saturated carbocycles. The van der Waals surface area contributed by atoms with Crippen LogP contribution in [0.15, 0.2) is 42.6 Å². The second-order valence-electron chi connectivity index (χ2n) is 9.55. The summed E-state index contributed by atoms with van der Waals surface area (Å²) in [4.78, 5) is 21.0. The Kier molecular flexibility index (Phi) is 5.88. The molecule has 30 heavy (non-hydrogen) atoms. The third-order valence-electron chi connectivity index (χ3n) is 6.23. The van der Waals surface area contributed by atoms with Crippen LogP contribution in [-0.4, -0.2) is 52.7 Å². The number of nitrogens with zero attached hydrogens (tertiary/aromatic N) is 3. The molecule has 0 N–H and O–H groups in total. The van der Waals surface area contributed by atoms with E-state index in [0.717, 1.165) is 25.9 Å². The van der Waals surface area contributed by atoms with E-state index in [1.807, 2.05) is 4.90 Å². The maximum Gasteiger partial charge on any atom is 0.255 e. The summed E-state index contributed by atoms with van der Waals surface area (Å²) in [7, 11) is 0. The molecule has 0 unspecified atom stereocenters. The first-order valence-corrected chi connectivity index (χ1v) is 11.0. The number of aromatic nitrogens is 1. The summed E-state index contributed by atoms with van der Waals surface area (Å²) < 4.78 is 6.25. The van der Waals surface area contributed by atoms with E-state index in [1.165, 1.54) is 11.1 Å². The van der Waals surface area contributed by atoms with Crippen molar-refractivity contribution in [3.8, 4) is 0 Å². The quantitative estimate of drug-likeness (QED) is 0.676. The molecule has 2 aromatic rings. The van der Waals surface area contributed by atoms with Gasteiger partial charge in [0.05, 0.1) is 11.2 Å². The van der Waals surface area contributed by atoms with Gasteiger partial charge in [-0.2, -0.15) is 0 Å². The van der Waals surface area contributed by atoms with Crippen LogP contribution in [0.3, 0.4) is 0 Å². The van der Waals surface area contributed by atoms with E-state index in [1.54, 1.807) is 18.3 Å². The smallest absolute Gasteiger partial charge is 0.255 e. The Morgan fingerprint density at radius 1 is 1.13 bits per heavy atom. The molecule has 0 aliphatic carbocycles. The molecule has 4 rings (SSSR count). The van der Waals surface area contributed by atoms with Gasteiger partial charge in [-0.1, -0.05) is 56.6 Å². The zero-order chi connectivity index (χ0) is 21.4. The summed E-state index contributed by atoms with van der Waals surface area (Å²) in [6.07, 6.45) is 3.27. The fourth-order valence-corrected chi connectivity index (χ4v) is 4.41. The molecule has 2 aliphatic heterocycles. The van der Waals surface area contributed by atoms with E-state index >= 15 is 0 Å². The fraction of sp³-hybridized carbons (Fsp3) is 0.500. The number of amides is 1. The Hall–Kier alpha value is -1.95. The highest BCUT2D eigenvalue weighted by atomic mass is 35.5. The van der Waals surface area contributed by atoms with Crippen molar-refractivity contribution in [3.63, 3.8) is 0 Å². The van der Waals surface area contributed by atoms with Crippen molar-refractivity contribution in [2.75, 3.05) is 26.4 Å². The molecular weight excluding hydrogens is 398 g/mol. The Morgan fingerprint density at radius 2 is 1.83 bits per heavy atom. The summed E-state index contributed by atoms with van der Waals surface area (Å²) in [5.41, 5.74) is 3.29. The topological polar surface area (TPSA) is 45.7 Å². The number of ether oxygens (including phenoxy) is 1. The van der Waals surface area contributed by atoms with Gasteiger partial charge >= 0.3 is 0 Å². The number of pyridine rings is 1. The second-order valence-corrected chi connectivity index (χ2v) is 9.94. The number of hydrogen-bond acceptors (Lipinski definition) is 4. The van der Waals surface area contributed by atoms with E-state index in [4.69, 9.17) is 16.3 Å². The van der Waals surface area contributed by atoms with Crippen LogP contribution in [0.1, 0.15) is 55.1 Å². The van der Waals surface area contributed by atoms with Crippen LogP contribution in [0.4, 0.5) is 0 Å². The maximum atomic E-state index is 12.7. The minimum Gasteiger partial charge on any atom is -0.358 e. The average molecular weight is 428 g/mol. The van der Waals surface area contributed by atoms with Crippen LogP contribution in [0.25, 0.3) is 0 Å². The van der Waals surface area contributed by atoms with E-state index in [0.29, 0.717) is 30.5 Å². The molecule has 2 fully saturated rings. The zero-order valence-corrected chi connectivity index (χ0v) is 18.8. The fourth-order valence-electron chi connectivity index (χ4n) is 4.30. The Balaban J connectivity index is 1.31. The lowest BCUT2D eigenvalue weighted by Crippen LogP contribution is -2.48. The third kappa shape index (κ3) is 4.69. The van der Waals surface area contributed by atoms with Crippen LogP contribution in [0, 0.1) is 0 Å². The molecule has 1 amide bonds. The van der Waals surface area contributed by atoms with Gasteiger partial charge < -0.3 is 9.64 Å². The number of likely N-dealkylation sites (tertiary alicyclic amines) is 1. The molecule has 0 bridgehead atoms. The average Bonchev–Trinajstić information content (AvgIpc) is 3.10. The Morgan fingerprint density at radius 3 is 2.43 bits per heavy atom. The van der Waals surface area contributed by atoms with Gasteiger partial charge in [0.1, 0.15) is 11.9 Å². The lowest BCUT2D eigenvalue weighted by molar-refractivity contribution is -0.0352. The predicted octanol–water partition coefficient (Wildman–Crippen LogP) is 4.50. The highest BCUT2D eigenvalue weighted by Crippen LogP contribution is 2.33. The van der Waals surface area contributed by atoms with E-state index in [9.17, 15) is 4.79 Å². The van der Waals surface area contributed by atoms with Crippen molar-refractivity contribution in [2.45, 2.75) is 51.2 Å². The van der Waals surface area contributed by atoms with Crippen molar-refractivity contribution < 1.29 is 9.53 Å².